The maximum atomic E-state index is 14.0. The number of carbonyl (C=O) groups excluding carboxylic acids is 2. The molecule has 2 amide bonds. The zero-order valence-electron chi connectivity index (χ0n) is 22.8. The van der Waals surface area contributed by atoms with Crippen LogP contribution in [-0.2, 0) is 21.6 Å². The molecule has 2 heterocycles. The molecular weight excluding hydrogens is 544 g/mol. The molecule has 41 heavy (non-hydrogen) atoms. The molecule has 1 aliphatic carbocycles. The molecule has 4 rings (SSSR count). The van der Waals surface area contributed by atoms with Crippen LogP contribution in [0.3, 0.4) is 0 Å². The van der Waals surface area contributed by atoms with E-state index in [1.165, 1.54) is 10.9 Å². The van der Waals surface area contributed by atoms with Gasteiger partial charge in [0, 0.05) is 36.4 Å². The zero-order valence-corrected chi connectivity index (χ0v) is 23.6. The Bertz CT molecular complexity index is 1630. The Morgan fingerprint density at radius 3 is 2.68 bits per heavy atom. The largest absolute Gasteiger partial charge is 0.480 e. The summed E-state index contributed by atoms with van der Waals surface area (Å²) in [5.41, 5.74) is 3.26. The molecule has 0 saturated carbocycles. The van der Waals surface area contributed by atoms with Crippen molar-refractivity contribution in [2.24, 2.45) is 11.4 Å². The normalized spacial score (nSPS) is 15.7. The number of allylic oxidation sites excluding steroid dienone is 3. The van der Waals surface area contributed by atoms with Crippen LogP contribution in [0.25, 0.3) is 11.1 Å². The van der Waals surface area contributed by atoms with Crippen molar-refractivity contribution in [3.8, 4) is 11.1 Å². The minimum atomic E-state index is -3.00. The maximum absolute atomic E-state index is 14.0. The van der Waals surface area contributed by atoms with E-state index in [-0.39, 0.29) is 23.8 Å². The van der Waals surface area contributed by atoms with Crippen molar-refractivity contribution >= 4 is 33.2 Å². The van der Waals surface area contributed by atoms with E-state index in [1.54, 1.807) is 55.7 Å². The average molecular weight is 577 g/mol. The van der Waals surface area contributed by atoms with Gasteiger partial charge in [-0.05, 0) is 56.1 Å². The molecule has 2 aromatic heterocycles. The van der Waals surface area contributed by atoms with Gasteiger partial charge in [0.05, 0.1) is 32.8 Å². The Labute approximate surface area is 238 Å². The van der Waals surface area contributed by atoms with E-state index in [1.807, 2.05) is 25.1 Å². The van der Waals surface area contributed by atoms with E-state index >= 15 is 0 Å². The summed E-state index contributed by atoms with van der Waals surface area (Å²) in [5.74, 6) is -1.78. The number of aromatic nitrogens is 3. The molecule has 2 atom stereocenters. The first-order chi connectivity index (χ1) is 19.6. The molecule has 1 aromatic carbocycles. The van der Waals surface area contributed by atoms with E-state index in [0.29, 0.717) is 36.3 Å². The fourth-order valence-corrected chi connectivity index (χ4v) is 6.62. The van der Waals surface area contributed by atoms with Gasteiger partial charge in [-0.2, -0.15) is 9.46 Å². The number of carboxylic acids is 1. The number of nitrogens with zero attached hydrogens (tertiary/aromatic N) is 4. The van der Waals surface area contributed by atoms with Crippen LogP contribution in [0.1, 0.15) is 39.4 Å². The van der Waals surface area contributed by atoms with Crippen LogP contribution >= 0.6 is 0 Å². The van der Waals surface area contributed by atoms with Crippen LogP contribution in [0.2, 0.25) is 0 Å². The van der Waals surface area contributed by atoms with Crippen molar-refractivity contribution in [1.82, 2.24) is 20.1 Å². The number of amides is 2. The van der Waals surface area contributed by atoms with Gasteiger partial charge >= 0.3 is 5.97 Å². The van der Waals surface area contributed by atoms with E-state index in [0.717, 1.165) is 11.3 Å². The number of rotatable bonds is 11. The smallest absolute Gasteiger partial charge is 0.317 e. The molecule has 0 spiro atoms. The van der Waals surface area contributed by atoms with Gasteiger partial charge in [-0.15, -0.1) is 0 Å². The Balaban J connectivity index is 1.54. The quantitative estimate of drug-likeness (QED) is 0.293. The molecule has 214 valence electrons. The van der Waals surface area contributed by atoms with Crippen LogP contribution in [0.15, 0.2) is 77.5 Å². The van der Waals surface area contributed by atoms with Crippen molar-refractivity contribution in [3.63, 3.8) is 0 Å². The van der Waals surface area contributed by atoms with Gasteiger partial charge in [-0.1, -0.05) is 36.4 Å². The number of pyridine rings is 1. The molecule has 1 aliphatic rings. The van der Waals surface area contributed by atoms with Crippen molar-refractivity contribution < 1.29 is 23.7 Å². The lowest BCUT2D eigenvalue weighted by atomic mass is 10.1. The molecule has 11 nitrogen and oxygen atoms in total. The van der Waals surface area contributed by atoms with Crippen molar-refractivity contribution in [2.45, 2.75) is 25.0 Å². The summed E-state index contributed by atoms with van der Waals surface area (Å²) in [5, 5.41) is 18.2. The average Bonchev–Trinajstić information content (AvgIpc) is 3.31. The highest BCUT2D eigenvalue weighted by atomic mass is 32.2. The number of benzene rings is 1. The van der Waals surface area contributed by atoms with Gasteiger partial charge in [0.15, 0.2) is 0 Å². The molecule has 1 unspecified atom stereocenters. The molecule has 0 aliphatic heterocycles. The Morgan fingerprint density at radius 1 is 1.15 bits per heavy atom. The topological polar surface area (TPSA) is 156 Å². The second-order valence-electron chi connectivity index (χ2n) is 9.59. The molecule has 0 radical (unpaired) electrons. The van der Waals surface area contributed by atoms with E-state index in [9.17, 15) is 18.6 Å². The fraction of sp³-hybridized carbons (Fsp3) is 0.276. The lowest BCUT2D eigenvalue weighted by molar-refractivity contribution is -0.135. The predicted molar refractivity (Wildman–Crippen MR) is 157 cm³/mol. The number of hydrogen-bond donors (Lipinski definition) is 3. The minimum Gasteiger partial charge on any atom is -0.480 e. The summed E-state index contributed by atoms with van der Waals surface area (Å²) in [7, 11) is -1.30. The van der Waals surface area contributed by atoms with Gasteiger partial charge in [0.2, 0.25) is 0 Å². The first-order valence-corrected chi connectivity index (χ1v) is 14.8. The van der Waals surface area contributed by atoms with Gasteiger partial charge in [-0.25, -0.2) is 4.21 Å². The highest BCUT2D eigenvalue weighted by Crippen LogP contribution is 2.25. The molecule has 3 aromatic rings. The number of carboxylic acid groups (broad SMARTS) is 1. The summed E-state index contributed by atoms with van der Waals surface area (Å²) in [6.45, 7) is 1.95. The Hall–Kier alpha value is -4.42. The second-order valence-corrected chi connectivity index (χ2v) is 12.2. The van der Waals surface area contributed by atoms with Crippen molar-refractivity contribution in [3.05, 3.63) is 90.0 Å². The zero-order chi connectivity index (χ0) is 29.4. The van der Waals surface area contributed by atoms with Crippen LogP contribution < -0.4 is 10.6 Å². The fourth-order valence-electron chi connectivity index (χ4n) is 4.40. The van der Waals surface area contributed by atoms with Crippen LogP contribution in [0.4, 0.5) is 5.69 Å². The maximum Gasteiger partial charge on any atom is 0.317 e. The second kappa shape index (κ2) is 13.3. The Morgan fingerprint density at radius 2 is 1.98 bits per heavy atom. The number of carbonyl (C=O) groups is 3. The molecule has 0 fully saturated rings. The van der Waals surface area contributed by atoms with Crippen LogP contribution in [-0.4, -0.2) is 66.0 Å². The van der Waals surface area contributed by atoms with E-state index in [2.05, 4.69) is 25.1 Å². The SMILES string of the molecule is Cc1cc(C(=O)Nc2cccc(-c3cncc(C(=O)N=[S@](=O)(CCCNCC(=O)O)C4C=CC=CC4)c3)c2)n(C)n1. The lowest BCUT2D eigenvalue weighted by Crippen LogP contribution is -2.28. The lowest BCUT2D eigenvalue weighted by Gasteiger charge is -2.19. The highest BCUT2D eigenvalue weighted by Gasteiger charge is 2.23. The third-order valence-electron chi connectivity index (χ3n) is 6.39. The molecule has 0 bridgehead atoms. The molecule has 3 N–H and O–H groups in total. The van der Waals surface area contributed by atoms with Gasteiger partial charge in [0.1, 0.15) is 5.69 Å². The number of aliphatic carboxylic acids is 1. The van der Waals surface area contributed by atoms with Crippen LogP contribution in [0, 0.1) is 6.92 Å². The number of nitrogens with one attached hydrogen (secondary N) is 2. The number of hydrogen-bond acceptors (Lipinski definition) is 7. The molecule has 12 heteroatoms. The van der Waals surface area contributed by atoms with Crippen molar-refractivity contribution in [2.75, 3.05) is 24.2 Å². The van der Waals surface area contributed by atoms with Gasteiger partial charge < -0.3 is 15.7 Å². The molecule has 0 saturated heterocycles. The summed E-state index contributed by atoms with van der Waals surface area (Å²) in [4.78, 5) is 41.0. The molecular formula is C29H32N6O5S. The van der Waals surface area contributed by atoms with E-state index in [4.69, 9.17) is 5.11 Å². The monoisotopic (exact) mass is 576 g/mol. The summed E-state index contributed by atoms with van der Waals surface area (Å²) in [6.07, 6.45) is 11.2. The van der Waals surface area contributed by atoms with Crippen LogP contribution in [0.5, 0.6) is 0 Å². The first-order valence-electron chi connectivity index (χ1n) is 13.1. The Kier molecular flexibility index (Phi) is 9.58. The third kappa shape index (κ3) is 7.83. The number of anilines is 1. The minimum absolute atomic E-state index is 0.138. The van der Waals surface area contributed by atoms with E-state index < -0.39 is 26.9 Å². The number of aryl methyl sites for hydroxylation is 2. The first kappa shape index (κ1) is 29.6. The summed E-state index contributed by atoms with van der Waals surface area (Å²) < 4.78 is 19.7. The van der Waals surface area contributed by atoms with Crippen molar-refractivity contribution in [1.29, 1.82) is 0 Å². The summed E-state index contributed by atoms with van der Waals surface area (Å²) >= 11 is 0. The van der Waals surface area contributed by atoms with Gasteiger partial charge in [0.25, 0.3) is 11.8 Å². The van der Waals surface area contributed by atoms with Gasteiger partial charge in [-0.3, -0.25) is 24.0 Å². The third-order valence-corrected chi connectivity index (χ3v) is 9.04. The summed E-state index contributed by atoms with van der Waals surface area (Å²) in [6, 6.07) is 10.5. The predicted octanol–water partition coefficient (Wildman–Crippen LogP) is 3.60. The standard InChI is InChI=1S/C29H32N6O5S/c1-20-14-26(35(2)33-20)29(39)32-24-9-6-8-21(16-24)22-15-23(18-31-17-22)28(38)34-41(40,25-10-4-3-5-11-25)13-7-12-30-19-27(36)37/h3-6,8-10,14-18,25,30H,7,11-13,19H2,1-2H3,(H,32,39)(H,36,37)/t25?,41-/m0/s1. The highest BCUT2D eigenvalue weighted by molar-refractivity contribution is 7.94.